The van der Waals surface area contributed by atoms with Crippen molar-refractivity contribution in [3.8, 4) is 5.75 Å². The number of methoxy groups -OCH3 is 1. The summed E-state index contributed by atoms with van der Waals surface area (Å²) >= 11 is 0. The first-order chi connectivity index (χ1) is 14.3. The Bertz CT molecular complexity index is 1100. The van der Waals surface area contributed by atoms with Gasteiger partial charge in [0.25, 0.3) is 18.2 Å². The molecule has 0 atom stereocenters. The lowest BCUT2D eigenvalue weighted by molar-refractivity contribution is 0.101. The number of aryl methyl sites for hydroxylation is 2. The SMILES string of the molecule is COc1ccccc1NC(=O)c1ccc(C)c(NC(=O)c2cc(C(F)F)nn2C)c1. The summed E-state index contributed by atoms with van der Waals surface area (Å²) < 4.78 is 32.0. The molecule has 3 rings (SSSR count). The van der Waals surface area contributed by atoms with E-state index in [2.05, 4.69) is 15.7 Å². The van der Waals surface area contributed by atoms with E-state index in [1.54, 1.807) is 43.3 Å². The number of benzene rings is 2. The molecule has 30 heavy (non-hydrogen) atoms. The lowest BCUT2D eigenvalue weighted by atomic mass is 10.1. The van der Waals surface area contributed by atoms with E-state index in [1.165, 1.54) is 20.2 Å². The Hall–Kier alpha value is -3.75. The fourth-order valence-corrected chi connectivity index (χ4v) is 2.84. The van der Waals surface area contributed by atoms with Gasteiger partial charge in [-0.05, 0) is 42.8 Å². The van der Waals surface area contributed by atoms with Gasteiger partial charge in [-0.2, -0.15) is 5.10 Å². The Kier molecular flexibility index (Phi) is 6.10. The van der Waals surface area contributed by atoms with E-state index in [1.807, 2.05) is 0 Å². The van der Waals surface area contributed by atoms with Crippen LogP contribution in [0.5, 0.6) is 5.75 Å². The number of ether oxygens (including phenoxy) is 1. The third-order valence-corrected chi connectivity index (χ3v) is 4.46. The summed E-state index contributed by atoms with van der Waals surface area (Å²) in [7, 11) is 2.91. The molecule has 9 heteroatoms. The smallest absolute Gasteiger partial charge is 0.282 e. The van der Waals surface area contributed by atoms with E-state index in [0.717, 1.165) is 10.7 Å². The van der Waals surface area contributed by atoms with Gasteiger partial charge in [-0.25, -0.2) is 8.78 Å². The minimum absolute atomic E-state index is 0.0198. The van der Waals surface area contributed by atoms with Crippen molar-refractivity contribution < 1.29 is 23.1 Å². The van der Waals surface area contributed by atoms with E-state index >= 15 is 0 Å². The summed E-state index contributed by atoms with van der Waals surface area (Å²) in [6.07, 6.45) is -2.78. The second-order valence-electron chi connectivity index (χ2n) is 6.52. The van der Waals surface area contributed by atoms with Gasteiger partial charge in [-0.15, -0.1) is 0 Å². The Balaban J connectivity index is 1.81. The van der Waals surface area contributed by atoms with Gasteiger partial charge in [0.05, 0.1) is 12.8 Å². The van der Waals surface area contributed by atoms with Crippen LogP contribution < -0.4 is 15.4 Å². The summed E-state index contributed by atoms with van der Waals surface area (Å²) in [6.45, 7) is 1.76. The highest BCUT2D eigenvalue weighted by Crippen LogP contribution is 2.25. The van der Waals surface area contributed by atoms with E-state index in [0.29, 0.717) is 28.3 Å². The van der Waals surface area contributed by atoms with Crippen LogP contribution in [0.3, 0.4) is 0 Å². The van der Waals surface area contributed by atoms with E-state index in [9.17, 15) is 18.4 Å². The number of carbonyl (C=O) groups is 2. The van der Waals surface area contributed by atoms with Crippen molar-refractivity contribution >= 4 is 23.2 Å². The normalized spacial score (nSPS) is 10.7. The fraction of sp³-hybridized carbons (Fsp3) is 0.190. The minimum Gasteiger partial charge on any atom is -0.495 e. The predicted octanol–water partition coefficient (Wildman–Crippen LogP) is 4.18. The van der Waals surface area contributed by atoms with Crippen molar-refractivity contribution in [3.63, 3.8) is 0 Å². The largest absolute Gasteiger partial charge is 0.495 e. The summed E-state index contributed by atoms with van der Waals surface area (Å²) in [5.41, 5.74) is 1.39. The maximum Gasteiger partial charge on any atom is 0.282 e. The van der Waals surface area contributed by atoms with E-state index in [4.69, 9.17) is 4.74 Å². The lowest BCUT2D eigenvalue weighted by Crippen LogP contribution is -2.18. The van der Waals surface area contributed by atoms with Crippen LogP contribution in [-0.2, 0) is 7.05 Å². The number of hydrogen-bond acceptors (Lipinski definition) is 4. The second-order valence-corrected chi connectivity index (χ2v) is 6.52. The van der Waals surface area contributed by atoms with Gasteiger partial charge >= 0.3 is 0 Å². The van der Waals surface area contributed by atoms with Crippen molar-refractivity contribution in [1.29, 1.82) is 0 Å². The third kappa shape index (κ3) is 4.45. The number of nitrogens with zero attached hydrogens (tertiary/aromatic N) is 2. The molecule has 3 aromatic rings. The molecule has 0 radical (unpaired) electrons. The number of aromatic nitrogens is 2. The zero-order valence-electron chi connectivity index (χ0n) is 16.6. The molecular weight excluding hydrogens is 394 g/mol. The number of halogens is 2. The second kappa shape index (κ2) is 8.73. The van der Waals surface area contributed by atoms with Crippen molar-refractivity contribution in [2.45, 2.75) is 13.3 Å². The van der Waals surface area contributed by atoms with Gasteiger partial charge in [-0.3, -0.25) is 14.3 Å². The number of rotatable bonds is 6. The Morgan fingerprint density at radius 3 is 2.40 bits per heavy atom. The minimum atomic E-state index is -2.78. The summed E-state index contributed by atoms with van der Waals surface area (Å²) in [4.78, 5) is 25.2. The molecule has 0 aliphatic carbocycles. The first kappa shape index (κ1) is 21.0. The van der Waals surface area contributed by atoms with Crippen LogP contribution in [0.4, 0.5) is 20.2 Å². The van der Waals surface area contributed by atoms with Gasteiger partial charge in [0.15, 0.2) is 0 Å². The molecule has 0 aliphatic rings. The highest BCUT2D eigenvalue weighted by Gasteiger charge is 2.19. The Morgan fingerprint density at radius 2 is 1.73 bits per heavy atom. The molecule has 2 N–H and O–H groups in total. The van der Waals surface area contributed by atoms with Crippen LogP contribution in [0.1, 0.15) is 38.5 Å². The fourth-order valence-electron chi connectivity index (χ4n) is 2.84. The van der Waals surface area contributed by atoms with Crippen molar-refractivity contribution in [3.05, 3.63) is 71.0 Å². The first-order valence-electron chi connectivity index (χ1n) is 8.98. The number of hydrogen-bond donors (Lipinski definition) is 2. The number of amides is 2. The highest BCUT2D eigenvalue weighted by atomic mass is 19.3. The van der Waals surface area contributed by atoms with Crippen molar-refractivity contribution in [1.82, 2.24) is 9.78 Å². The first-order valence-corrected chi connectivity index (χ1v) is 8.98. The average molecular weight is 414 g/mol. The summed E-state index contributed by atoms with van der Waals surface area (Å²) in [5, 5.41) is 9.05. The summed E-state index contributed by atoms with van der Waals surface area (Å²) in [6, 6.07) is 12.8. The molecule has 2 aromatic carbocycles. The molecule has 0 bridgehead atoms. The molecule has 1 aromatic heterocycles. The van der Waals surface area contributed by atoms with E-state index < -0.39 is 23.9 Å². The van der Waals surface area contributed by atoms with Crippen LogP contribution in [0.25, 0.3) is 0 Å². The molecule has 0 saturated heterocycles. The highest BCUT2D eigenvalue weighted by molar-refractivity contribution is 6.07. The number of anilines is 2. The molecule has 0 unspecified atom stereocenters. The molecule has 1 heterocycles. The molecule has 2 amide bonds. The molecule has 7 nitrogen and oxygen atoms in total. The zero-order valence-corrected chi connectivity index (χ0v) is 16.6. The molecule has 0 saturated carbocycles. The quantitative estimate of drug-likeness (QED) is 0.634. The van der Waals surface area contributed by atoms with Crippen LogP contribution >= 0.6 is 0 Å². The maximum atomic E-state index is 12.8. The molecule has 0 aliphatic heterocycles. The Morgan fingerprint density at radius 1 is 1.03 bits per heavy atom. The standard InChI is InChI=1S/C21H20F2N4O3/c1-12-8-9-13(20(28)24-14-6-4-5-7-18(14)30-3)10-15(12)25-21(29)17-11-16(19(22)23)26-27(17)2/h4-11,19H,1-3H3,(H,24,28)(H,25,29). The number of nitrogens with one attached hydrogen (secondary N) is 2. The third-order valence-electron chi connectivity index (χ3n) is 4.46. The Labute approximate surface area is 171 Å². The van der Waals surface area contributed by atoms with Crippen LogP contribution in [-0.4, -0.2) is 28.7 Å². The van der Waals surface area contributed by atoms with Gasteiger partial charge < -0.3 is 15.4 Å². The maximum absolute atomic E-state index is 12.8. The predicted molar refractivity (Wildman–Crippen MR) is 108 cm³/mol. The van der Waals surface area contributed by atoms with E-state index in [-0.39, 0.29) is 5.69 Å². The molecule has 0 fully saturated rings. The van der Waals surface area contributed by atoms with Crippen LogP contribution in [0.2, 0.25) is 0 Å². The number of para-hydroxylation sites is 2. The van der Waals surface area contributed by atoms with Crippen LogP contribution in [0.15, 0.2) is 48.5 Å². The van der Waals surface area contributed by atoms with Gasteiger partial charge in [0, 0.05) is 18.3 Å². The van der Waals surface area contributed by atoms with Crippen LogP contribution in [0, 0.1) is 6.92 Å². The molecule has 156 valence electrons. The van der Waals surface area contributed by atoms with Gasteiger partial charge in [0.2, 0.25) is 0 Å². The lowest BCUT2D eigenvalue weighted by Gasteiger charge is -2.12. The summed E-state index contributed by atoms with van der Waals surface area (Å²) in [5.74, 6) is -0.490. The van der Waals surface area contributed by atoms with Crippen molar-refractivity contribution in [2.24, 2.45) is 7.05 Å². The average Bonchev–Trinajstić information content (AvgIpc) is 3.12. The zero-order chi connectivity index (χ0) is 21.8. The van der Waals surface area contributed by atoms with Gasteiger partial charge in [0.1, 0.15) is 17.1 Å². The number of alkyl halides is 2. The van der Waals surface area contributed by atoms with Crippen molar-refractivity contribution in [2.75, 3.05) is 17.7 Å². The topological polar surface area (TPSA) is 85.2 Å². The molecule has 0 spiro atoms. The molecular formula is C21H20F2N4O3. The van der Waals surface area contributed by atoms with Gasteiger partial charge in [-0.1, -0.05) is 18.2 Å². The number of carbonyl (C=O) groups excluding carboxylic acids is 2. The monoisotopic (exact) mass is 414 g/mol.